The molecule has 0 saturated carbocycles. The molecule has 0 aliphatic rings. The Morgan fingerprint density at radius 2 is 1.85 bits per heavy atom. The van der Waals surface area contributed by atoms with Crippen LogP contribution in [0.3, 0.4) is 0 Å². The van der Waals surface area contributed by atoms with E-state index >= 15 is 0 Å². The van der Waals surface area contributed by atoms with Gasteiger partial charge in [0.2, 0.25) is 0 Å². The van der Waals surface area contributed by atoms with E-state index in [-0.39, 0.29) is 63.6 Å². The number of carbonyl (C=O) groups excluding carboxylic acids is 1. The Kier molecular flexibility index (Phi) is 10.2. The van der Waals surface area contributed by atoms with Crippen molar-refractivity contribution in [1.82, 2.24) is 0 Å². The first-order chi connectivity index (χ1) is 8.95. The minimum atomic E-state index is -4.64. The second kappa shape index (κ2) is 10.0. The third kappa shape index (κ3) is 7.30. The summed E-state index contributed by atoms with van der Waals surface area (Å²) in [6, 6.07) is 5.34. The molecule has 0 N–H and O–H groups in total. The van der Waals surface area contributed by atoms with Gasteiger partial charge in [-0.05, 0) is 18.6 Å². The second-order valence-corrected chi connectivity index (χ2v) is 5.53. The first-order valence-corrected chi connectivity index (χ1v) is 7.61. The number of esters is 1. The summed E-state index contributed by atoms with van der Waals surface area (Å²) in [6.45, 7) is 2.06. The number of hydrogen-bond donors (Lipinski definition) is 0. The zero-order valence-electron chi connectivity index (χ0n) is 11.8. The predicted octanol–water partition coefficient (Wildman–Crippen LogP) is -0.529. The van der Waals surface area contributed by atoms with E-state index in [0.29, 0.717) is 6.42 Å². The van der Waals surface area contributed by atoms with Crippen LogP contribution < -0.4 is 56.1 Å². The summed E-state index contributed by atoms with van der Waals surface area (Å²) >= 11 is 0. The number of benzene rings is 1. The van der Waals surface area contributed by atoms with Crippen molar-refractivity contribution >= 4 is 16.1 Å². The van der Waals surface area contributed by atoms with Gasteiger partial charge in [-0.1, -0.05) is 38.3 Å². The van der Waals surface area contributed by atoms with Crippen molar-refractivity contribution in [3.05, 3.63) is 24.3 Å². The summed E-state index contributed by atoms with van der Waals surface area (Å²) in [4.78, 5) is 11.0. The Balaban J connectivity index is 0.00000361. The van der Waals surface area contributed by atoms with Gasteiger partial charge in [0.25, 0.3) is 0 Å². The van der Waals surface area contributed by atoms with E-state index in [1.807, 2.05) is 0 Å². The zero-order chi connectivity index (χ0) is 14.3. The van der Waals surface area contributed by atoms with E-state index in [9.17, 15) is 17.8 Å². The van der Waals surface area contributed by atoms with Crippen molar-refractivity contribution in [1.29, 1.82) is 0 Å². The first-order valence-electron chi connectivity index (χ1n) is 6.20. The molecule has 1 aromatic carbocycles. The van der Waals surface area contributed by atoms with E-state index in [4.69, 9.17) is 4.74 Å². The summed E-state index contributed by atoms with van der Waals surface area (Å²) in [7, 11) is -4.64. The van der Waals surface area contributed by atoms with Crippen LogP contribution in [0.1, 0.15) is 39.0 Å². The molecule has 20 heavy (non-hydrogen) atoms. The number of carbonyl (C=O) groups is 1. The van der Waals surface area contributed by atoms with Crippen molar-refractivity contribution in [2.24, 2.45) is 0 Å². The van der Waals surface area contributed by atoms with E-state index in [0.717, 1.165) is 25.3 Å². The fourth-order valence-corrected chi connectivity index (χ4v) is 2.21. The largest absolute Gasteiger partial charge is 1.00 e. The number of rotatable bonds is 7. The zero-order valence-corrected chi connectivity index (χ0v) is 15.7. The number of para-hydroxylation sites is 1. The maximum Gasteiger partial charge on any atom is 1.00 e. The minimum absolute atomic E-state index is 0. The number of unbranched alkanes of at least 4 members (excludes halogenated alkanes) is 3. The van der Waals surface area contributed by atoms with Gasteiger partial charge < -0.3 is 9.29 Å². The van der Waals surface area contributed by atoms with Crippen LogP contribution in [-0.4, -0.2) is 18.9 Å². The van der Waals surface area contributed by atoms with Gasteiger partial charge in [-0.3, -0.25) is 4.79 Å². The Labute approximate surface area is 162 Å². The van der Waals surface area contributed by atoms with Gasteiger partial charge >= 0.3 is 57.4 Å². The van der Waals surface area contributed by atoms with Crippen molar-refractivity contribution in [3.8, 4) is 5.75 Å². The quantitative estimate of drug-likeness (QED) is 0.221. The molecule has 0 aromatic heterocycles. The number of hydrogen-bond acceptors (Lipinski definition) is 5. The normalized spacial score (nSPS) is 10.7. The smallest absolute Gasteiger partial charge is 0.744 e. The average molecular weight is 324 g/mol. The fraction of sp³-hybridized carbons (Fsp3) is 0.462. The monoisotopic (exact) mass is 324 g/mol. The molecule has 0 atom stereocenters. The van der Waals surface area contributed by atoms with Crippen LogP contribution in [-0.2, 0) is 14.9 Å². The van der Waals surface area contributed by atoms with Gasteiger partial charge in [0.15, 0.2) is 0 Å². The van der Waals surface area contributed by atoms with E-state index in [2.05, 4.69) is 6.92 Å². The molecule has 0 unspecified atom stereocenters. The number of ether oxygens (including phenoxy) is 1. The molecule has 0 fully saturated rings. The second-order valence-electron chi connectivity index (χ2n) is 4.19. The molecule has 0 heterocycles. The van der Waals surface area contributed by atoms with Crippen LogP contribution in [0.15, 0.2) is 29.2 Å². The van der Waals surface area contributed by atoms with Crippen LogP contribution >= 0.6 is 0 Å². The standard InChI is InChI=1S/C13H18O5S.K/c1-2-3-4-5-10-13(14)18-11-8-6-7-9-12(11)19(15,16)17;/h6-9H,2-5,10H2,1H3,(H,15,16,17);/q;+1/p-1. The van der Waals surface area contributed by atoms with Crippen molar-refractivity contribution in [2.45, 2.75) is 43.9 Å². The Hall–Kier alpha value is 0.236. The van der Waals surface area contributed by atoms with Gasteiger partial charge in [0, 0.05) is 6.42 Å². The van der Waals surface area contributed by atoms with Gasteiger partial charge in [0.05, 0.1) is 4.90 Å². The molecule has 0 radical (unpaired) electrons. The molecule has 0 spiro atoms. The molecule has 5 nitrogen and oxygen atoms in total. The van der Waals surface area contributed by atoms with Crippen molar-refractivity contribution in [2.75, 3.05) is 0 Å². The summed E-state index contributed by atoms with van der Waals surface area (Å²) in [5.74, 6) is -0.717. The summed E-state index contributed by atoms with van der Waals surface area (Å²) < 4.78 is 37.9. The molecule has 1 aromatic rings. The Bertz CT molecular complexity index is 527. The predicted molar refractivity (Wildman–Crippen MR) is 68.8 cm³/mol. The molecule has 7 heteroatoms. The molecule has 0 aliphatic heterocycles. The molecular weight excluding hydrogens is 307 g/mol. The topological polar surface area (TPSA) is 83.5 Å². The van der Waals surface area contributed by atoms with E-state index in [1.165, 1.54) is 18.2 Å². The molecule has 0 saturated heterocycles. The first kappa shape index (κ1) is 20.2. The average Bonchev–Trinajstić information content (AvgIpc) is 2.34. The summed E-state index contributed by atoms with van der Waals surface area (Å²) in [6.07, 6.45) is 3.93. The van der Waals surface area contributed by atoms with Gasteiger partial charge in [0.1, 0.15) is 15.9 Å². The summed E-state index contributed by atoms with van der Waals surface area (Å²) in [5, 5.41) is 0. The van der Waals surface area contributed by atoms with Crippen LogP contribution in [0.4, 0.5) is 0 Å². The van der Waals surface area contributed by atoms with Crippen molar-refractivity contribution < 1.29 is 73.9 Å². The minimum Gasteiger partial charge on any atom is -0.744 e. The maximum absolute atomic E-state index is 11.5. The van der Waals surface area contributed by atoms with Crippen molar-refractivity contribution in [3.63, 3.8) is 0 Å². The van der Waals surface area contributed by atoms with E-state index < -0.39 is 21.0 Å². The third-order valence-corrected chi connectivity index (χ3v) is 3.45. The SMILES string of the molecule is CCCCCCC(=O)Oc1ccccc1S(=O)(=O)[O-].[K+]. The third-order valence-electron chi connectivity index (χ3n) is 2.58. The molecule has 0 amide bonds. The maximum atomic E-state index is 11.5. The van der Waals surface area contributed by atoms with Crippen LogP contribution in [0.25, 0.3) is 0 Å². The summed E-state index contributed by atoms with van der Waals surface area (Å²) in [5.41, 5.74) is 0. The van der Waals surface area contributed by atoms with Gasteiger partial charge in [-0.25, -0.2) is 8.42 Å². The Morgan fingerprint density at radius 3 is 2.45 bits per heavy atom. The fourth-order valence-electron chi connectivity index (χ4n) is 1.61. The Morgan fingerprint density at radius 1 is 1.20 bits per heavy atom. The van der Waals surface area contributed by atoms with Gasteiger partial charge in [-0.2, -0.15) is 0 Å². The van der Waals surface area contributed by atoms with Crippen LogP contribution in [0.2, 0.25) is 0 Å². The van der Waals surface area contributed by atoms with Gasteiger partial charge in [-0.15, -0.1) is 0 Å². The molecule has 0 bridgehead atoms. The van der Waals surface area contributed by atoms with E-state index in [1.54, 1.807) is 0 Å². The van der Waals surface area contributed by atoms with Crippen LogP contribution in [0, 0.1) is 0 Å². The molecule has 1 rings (SSSR count). The molecule has 0 aliphatic carbocycles. The molecule has 106 valence electrons. The molecular formula is C13H17KO5S. The van der Waals surface area contributed by atoms with Crippen LogP contribution in [0.5, 0.6) is 5.75 Å².